The number of carbonyl (C=O) groups is 1. The molecule has 3 aromatic rings. The van der Waals surface area contributed by atoms with Crippen LogP contribution in [0.5, 0.6) is 0 Å². The molecule has 0 aliphatic rings. The highest BCUT2D eigenvalue weighted by molar-refractivity contribution is 7.16. The molecule has 0 aliphatic carbocycles. The lowest BCUT2D eigenvalue weighted by atomic mass is 10.2. The molecule has 1 amide bonds. The molecule has 0 aliphatic heterocycles. The van der Waals surface area contributed by atoms with E-state index in [0.29, 0.717) is 28.5 Å². The van der Waals surface area contributed by atoms with Gasteiger partial charge < -0.3 is 9.30 Å². The van der Waals surface area contributed by atoms with Gasteiger partial charge in [-0.1, -0.05) is 22.9 Å². The summed E-state index contributed by atoms with van der Waals surface area (Å²) in [6.07, 6.45) is 2.91. The number of nitro benzene ring substituents is 1. The largest absolute Gasteiger partial charge is 0.383 e. The zero-order valence-corrected chi connectivity index (χ0v) is 17.4. The Labute approximate surface area is 175 Å². The molecule has 0 unspecified atom stereocenters. The smallest absolute Gasteiger partial charge is 0.272 e. The summed E-state index contributed by atoms with van der Waals surface area (Å²) in [5.74, 6) is -0.426. The first kappa shape index (κ1) is 20.9. The van der Waals surface area contributed by atoms with E-state index in [2.05, 4.69) is 4.99 Å². The van der Waals surface area contributed by atoms with E-state index in [-0.39, 0.29) is 5.69 Å². The number of rotatable bonds is 6. The number of fused-ring (bicyclic) bond motifs is 1. The molecule has 0 saturated carbocycles. The second-order valence-corrected chi connectivity index (χ2v) is 7.60. The Kier molecular flexibility index (Phi) is 6.58. The summed E-state index contributed by atoms with van der Waals surface area (Å²) < 4.78 is 8.10. The SMILES string of the molecule is COCCn1c(=NC(=O)/C=C\c2ccc([N+](=O)[O-])cc2)sc2ccc(Cl)c(C)c21. The molecule has 0 atom stereocenters. The van der Waals surface area contributed by atoms with Gasteiger partial charge in [-0.05, 0) is 48.4 Å². The number of benzene rings is 2. The number of halogens is 1. The van der Waals surface area contributed by atoms with Gasteiger partial charge in [-0.25, -0.2) is 0 Å². The van der Waals surface area contributed by atoms with Crippen molar-refractivity contribution in [1.82, 2.24) is 4.57 Å². The molecule has 9 heteroatoms. The molecule has 0 radical (unpaired) electrons. The number of aryl methyl sites for hydroxylation is 1. The fraction of sp³-hybridized carbons (Fsp3) is 0.200. The number of non-ortho nitro benzene ring substituents is 1. The Morgan fingerprint density at radius 1 is 1.31 bits per heavy atom. The van der Waals surface area contributed by atoms with Gasteiger partial charge >= 0.3 is 0 Å². The van der Waals surface area contributed by atoms with Crippen molar-refractivity contribution in [2.75, 3.05) is 13.7 Å². The van der Waals surface area contributed by atoms with Crippen LogP contribution >= 0.6 is 22.9 Å². The number of ether oxygens (including phenoxy) is 1. The highest BCUT2D eigenvalue weighted by Gasteiger charge is 2.12. The first-order chi connectivity index (χ1) is 13.9. The zero-order valence-electron chi connectivity index (χ0n) is 15.8. The molecule has 1 heterocycles. The lowest BCUT2D eigenvalue weighted by Crippen LogP contribution is -2.19. The predicted octanol–water partition coefficient (Wildman–Crippen LogP) is 4.36. The molecular weight excluding hydrogens is 414 g/mol. The number of methoxy groups -OCH3 is 1. The molecule has 0 fully saturated rings. The van der Waals surface area contributed by atoms with Crippen LogP contribution in [0.1, 0.15) is 11.1 Å². The van der Waals surface area contributed by atoms with Crippen molar-refractivity contribution < 1.29 is 14.5 Å². The Morgan fingerprint density at radius 3 is 2.69 bits per heavy atom. The minimum absolute atomic E-state index is 0.00310. The lowest BCUT2D eigenvalue weighted by molar-refractivity contribution is -0.384. The molecule has 0 bridgehead atoms. The lowest BCUT2D eigenvalue weighted by Gasteiger charge is -2.07. The van der Waals surface area contributed by atoms with E-state index in [1.165, 1.54) is 29.5 Å². The Balaban J connectivity index is 1.95. The molecule has 0 N–H and O–H groups in total. The standard InChI is InChI=1S/C20H18ClN3O4S/c1-13-16(21)8-9-17-19(13)23(11-12-28-2)20(29-17)22-18(25)10-5-14-3-6-15(7-4-14)24(26)27/h3-10H,11-12H2,1-2H3/b10-5-,22-20?. The van der Waals surface area contributed by atoms with Crippen LogP contribution in [0, 0.1) is 17.0 Å². The van der Waals surface area contributed by atoms with Crippen LogP contribution in [0.15, 0.2) is 47.5 Å². The number of nitrogens with zero attached hydrogens (tertiary/aromatic N) is 3. The van der Waals surface area contributed by atoms with Crippen molar-refractivity contribution >= 4 is 50.8 Å². The maximum absolute atomic E-state index is 12.4. The van der Waals surface area contributed by atoms with Gasteiger partial charge in [0.15, 0.2) is 4.80 Å². The number of carbonyl (C=O) groups excluding carboxylic acids is 1. The number of amides is 1. The van der Waals surface area contributed by atoms with Gasteiger partial charge in [0.2, 0.25) is 0 Å². The highest BCUT2D eigenvalue weighted by Crippen LogP contribution is 2.27. The van der Waals surface area contributed by atoms with Crippen molar-refractivity contribution in [3.63, 3.8) is 0 Å². The van der Waals surface area contributed by atoms with Gasteiger partial charge in [-0.3, -0.25) is 14.9 Å². The first-order valence-electron chi connectivity index (χ1n) is 8.69. The molecule has 3 rings (SSSR count). The van der Waals surface area contributed by atoms with Crippen LogP contribution < -0.4 is 4.80 Å². The summed E-state index contributed by atoms with van der Waals surface area (Å²) in [5.41, 5.74) is 2.53. The average Bonchev–Trinajstić information content (AvgIpc) is 3.05. The molecule has 29 heavy (non-hydrogen) atoms. The van der Waals surface area contributed by atoms with E-state index < -0.39 is 10.8 Å². The fourth-order valence-electron chi connectivity index (χ4n) is 2.80. The third-order valence-electron chi connectivity index (χ3n) is 4.28. The summed E-state index contributed by atoms with van der Waals surface area (Å²) in [4.78, 5) is 27.4. The van der Waals surface area contributed by atoms with E-state index in [4.69, 9.17) is 16.3 Å². The van der Waals surface area contributed by atoms with Crippen LogP contribution in [0.2, 0.25) is 5.02 Å². The summed E-state index contributed by atoms with van der Waals surface area (Å²) in [7, 11) is 1.61. The van der Waals surface area contributed by atoms with Crippen molar-refractivity contribution in [3.8, 4) is 0 Å². The quantitative estimate of drug-likeness (QED) is 0.329. The molecular formula is C20H18ClN3O4S. The van der Waals surface area contributed by atoms with Crippen molar-refractivity contribution in [2.45, 2.75) is 13.5 Å². The monoisotopic (exact) mass is 431 g/mol. The predicted molar refractivity (Wildman–Crippen MR) is 114 cm³/mol. The summed E-state index contributed by atoms with van der Waals surface area (Å²) in [5, 5.41) is 11.4. The highest BCUT2D eigenvalue weighted by atomic mass is 35.5. The number of nitro groups is 1. The number of hydrogen-bond donors (Lipinski definition) is 0. The van der Waals surface area contributed by atoms with Gasteiger partial charge in [0.25, 0.3) is 11.6 Å². The van der Waals surface area contributed by atoms with E-state index in [1.54, 1.807) is 25.3 Å². The van der Waals surface area contributed by atoms with Crippen LogP contribution in [0.25, 0.3) is 16.3 Å². The van der Waals surface area contributed by atoms with Crippen LogP contribution in [-0.2, 0) is 16.1 Å². The number of aromatic nitrogens is 1. The van der Waals surface area contributed by atoms with Gasteiger partial charge in [0, 0.05) is 36.9 Å². The van der Waals surface area contributed by atoms with Crippen LogP contribution in [0.3, 0.4) is 0 Å². The molecule has 150 valence electrons. The normalized spacial score (nSPS) is 12.2. The molecule has 0 saturated heterocycles. The maximum atomic E-state index is 12.4. The average molecular weight is 432 g/mol. The van der Waals surface area contributed by atoms with Gasteiger partial charge in [-0.15, -0.1) is 0 Å². The minimum atomic E-state index is -0.470. The number of hydrogen-bond acceptors (Lipinski definition) is 5. The van der Waals surface area contributed by atoms with Gasteiger partial charge in [0.1, 0.15) is 0 Å². The fourth-order valence-corrected chi connectivity index (χ4v) is 4.07. The van der Waals surface area contributed by atoms with Gasteiger partial charge in [0.05, 0.1) is 21.7 Å². The summed E-state index contributed by atoms with van der Waals surface area (Å²) in [6, 6.07) is 9.67. The van der Waals surface area contributed by atoms with Crippen molar-refractivity contribution in [3.05, 3.63) is 73.5 Å². The Hall–Kier alpha value is -2.81. The third kappa shape index (κ3) is 4.79. The molecule has 7 nitrogen and oxygen atoms in total. The van der Waals surface area contributed by atoms with Crippen molar-refractivity contribution in [2.24, 2.45) is 4.99 Å². The molecule has 0 spiro atoms. The van der Waals surface area contributed by atoms with E-state index in [1.807, 2.05) is 23.6 Å². The topological polar surface area (TPSA) is 86.7 Å². The number of thiazole rings is 1. The van der Waals surface area contributed by atoms with Gasteiger partial charge in [-0.2, -0.15) is 4.99 Å². The van der Waals surface area contributed by atoms with E-state index in [9.17, 15) is 14.9 Å². The molecule has 2 aromatic carbocycles. The second-order valence-electron chi connectivity index (χ2n) is 6.18. The van der Waals surface area contributed by atoms with Crippen LogP contribution in [0.4, 0.5) is 5.69 Å². The molecule has 1 aromatic heterocycles. The Bertz CT molecular complexity index is 1160. The van der Waals surface area contributed by atoms with Crippen LogP contribution in [-0.4, -0.2) is 29.1 Å². The maximum Gasteiger partial charge on any atom is 0.272 e. The Morgan fingerprint density at radius 2 is 2.03 bits per heavy atom. The third-order valence-corrected chi connectivity index (χ3v) is 5.73. The summed E-state index contributed by atoms with van der Waals surface area (Å²) >= 11 is 7.67. The first-order valence-corrected chi connectivity index (χ1v) is 9.88. The minimum Gasteiger partial charge on any atom is -0.383 e. The zero-order chi connectivity index (χ0) is 21.0. The second kappa shape index (κ2) is 9.13. The van der Waals surface area contributed by atoms with E-state index >= 15 is 0 Å². The van der Waals surface area contributed by atoms with Crippen molar-refractivity contribution in [1.29, 1.82) is 0 Å². The van der Waals surface area contributed by atoms with E-state index in [0.717, 1.165) is 15.8 Å². The summed E-state index contributed by atoms with van der Waals surface area (Å²) in [6.45, 7) is 2.94.